The Morgan fingerprint density at radius 2 is 1.48 bits per heavy atom. The van der Waals surface area contributed by atoms with Crippen LogP contribution in [-0.4, -0.2) is 43.8 Å². The van der Waals surface area contributed by atoms with Gasteiger partial charge in [-0.1, -0.05) is 97.3 Å². The molecule has 240 valence electrons. The summed E-state index contributed by atoms with van der Waals surface area (Å²) in [6.45, 7) is 3.12. The number of carbonyl (C=O) groups excluding carboxylic acids is 2. The molecular weight excluding hydrogens is 601 g/mol. The monoisotopic (exact) mass is 641 g/mol. The Kier molecular flexibility index (Phi) is 10.5. The van der Waals surface area contributed by atoms with Crippen LogP contribution in [0.25, 0.3) is 0 Å². The highest BCUT2D eigenvalue weighted by Gasteiger charge is 2.36. The lowest BCUT2D eigenvalue weighted by Gasteiger charge is -2.34. The van der Waals surface area contributed by atoms with E-state index in [1.165, 1.54) is 35.2 Å². The second-order valence-electron chi connectivity index (χ2n) is 11.9. The van der Waals surface area contributed by atoms with Crippen molar-refractivity contribution in [3.63, 3.8) is 0 Å². The van der Waals surface area contributed by atoms with Crippen LogP contribution >= 0.6 is 0 Å². The average molecular weight is 642 g/mol. The SMILES string of the molecule is Cc1ccc(S(=O)(=O)N(CC(=O)N(Cc2ccccc2C)[C@H](Cc2ccccc2)C(=O)NC2CCCC2)c2ccccc2F)cc1. The lowest BCUT2D eigenvalue weighted by atomic mass is 10.0. The number of amides is 2. The average Bonchev–Trinajstić information content (AvgIpc) is 3.56. The molecule has 1 saturated carbocycles. The number of hydrogen-bond donors (Lipinski definition) is 1. The number of anilines is 1. The number of aryl methyl sites for hydroxylation is 2. The first-order chi connectivity index (χ1) is 22.1. The second kappa shape index (κ2) is 14.7. The molecule has 1 N–H and O–H groups in total. The molecule has 1 aliphatic rings. The van der Waals surface area contributed by atoms with Gasteiger partial charge in [0, 0.05) is 19.0 Å². The lowest BCUT2D eigenvalue weighted by Crippen LogP contribution is -2.54. The van der Waals surface area contributed by atoms with Crippen molar-refractivity contribution in [2.45, 2.75) is 69.5 Å². The molecule has 1 fully saturated rings. The zero-order chi connectivity index (χ0) is 32.7. The molecule has 0 heterocycles. The van der Waals surface area contributed by atoms with Gasteiger partial charge in [-0.05, 0) is 67.6 Å². The van der Waals surface area contributed by atoms with E-state index in [9.17, 15) is 18.0 Å². The second-order valence-corrected chi connectivity index (χ2v) is 13.8. The quantitative estimate of drug-likeness (QED) is 0.196. The largest absolute Gasteiger partial charge is 0.352 e. The number of rotatable bonds is 12. The van der Waals surface area contributed by atoms with Gasteiger partial charge in [-0.2, -0.15) is 0 Å². The van der Waals surface area contributed by atoms with Crippen molar-refractivity contribution in [1.82, 2.24) is 10.2 Å². The van der Waals surface area contributed by atoms with Gasteiger partial charge in [0.2, 0.25) is 11.8 Å². The maximum absolute atomic E-state index is 15.3. The molecule has 9 heteroatoms. The van der Waals surface area contributed by atoms with E-state index in [4.69, 9.17) is 0 Å². The Hall–Kier alpha value is -4.50. The van der Waals surface area contributed by atoms with Crippen LogP contribution < -0.4 is 9.62 Å². The maximum Gasteiger partial charge on any atom is 0.264 e. The molecule has 4 aromatic carbocycles. The summed E-state index contributed by atoms with van der Waals surface area (Å²) in [4.78, 5) is 30.1. The molecule has 0 bridgehead atoms. The Morgan fingerprint density at radius 1 is 0.848 bits per heavy atom. The van der Waals surface area contributed by atoms with E-state index in [2.05, 4.69) is 5.32 Å². The van der Waals surface area contributed by atoms with E-state index in [1.54, 1.807) is 12.1 Å². The number of sulfonamides is 1. The van der Waals surface area contributed by atoms with E-state index in [-0.39, 0.29) is 35.5 Å². The normalized spacial score (nSPS) is 14.1. The van der Waals surface area contributed by atoms with Gasteiger partial charge in [0.05, 0.1) is 10.6 Å². The van der Waals surface area contributed by atoms with Gasteiger partial charge in [0.15, 0.2) is 0 Å². The zero-order valence-corrected chi connectivity index (χ0v) is 27.0. The number of carbonyl (C=O) groups is 2. The Bertz CT molecular complexity index is 1760. The number of nitrogens with zero attached hydrogens (tertiary/aromatic N) is 2. The Morgan fingerprint density at radius 3 is 2.15 bits per heavy atom. The van der Waals surface area contributed by atoms with E-state index < -0.39 is 34.3 Å². The summed E-state index contributed by atoms with van der Waals surface area (Å²) >= 11 is 0. The van der Waals surface area contributed by atoms with Crippen LogP contribution in [0.2, 0.25) is 0 Å². The summed E-state index contributed by atoms with van der Waals surface area (Å²) in [5, 5.41) is 3.17. The van der Waals surface area contributed by atoms with Crippen LogP contribution in [-0.2, 0) is 32.6 Å². The van der Waals surface area contributed by atoms with Gasteiger partial charge >= 0.3 is 0 Å². The van der Waals surface area contributed by atoms with Crippen LogP contribution in [0.15, 0.2) is 108 Å². The molecule has 5 rings (SSSR count). The molecule has 4 aromatic rings. The third-order valence-corrected chi connectivity index (χ3v) is 10.4. The minimum atomic E-state index is -4.38. The summed E-state index contributed by atoms with van der Waals surface area (Å²) in [6, 6.07) is 27.8. The van der Waals surface area contributed by atoms with Crippen molar-refractivity contribution in [2.24, 2.45) is 0 Å². The first-order valence-electron chi connectivity index (χ1n) is 15.7. The predicted molar refractivity (Wildman–Crippen MR) is 178 cm³/mol. The first kappa shape index (κ1) is 32.9. The third kappa shape index (κ3) is 7.83. The summed E-state index contributed by atoms with van der Waals surface area (Å²) in [6.07, 6.45) is 4.00. The number of nitrogens with one attached hydrogen (secondary N) is 1. The summed E-state index contributed by atoms with van der Waals surface area (Å²) in [5.74, 6) is -1.70. The highest BCUT2D eigenvalue weighted by Crippen LogP contribution is 2.28. The molecule has 0 radical (unpaired) electrons. The predicted octanol–water partition coefficient (Wildman–Crippen LogP) is 6.34. The van der Waals surface area contributed by atoms with Crippen molar-refractivity contribution < 1.29 is 22.4 Å². The van der Waals surface area contributed by atoms with Crippen molar-refractivity contribution in [2.75, 3.05) is 10.8 Å². The molecule has 46 heavy (non-hydrogen) atoms. The Labute approximate surface area is 271 Å². The Balaban J connectivity index is 1.58. The zero-order valence-electron chi connectivity index (χ0n) is 26.2. The number of benzene rings is 4. The van der Waals surface area contributed by atoms with Crippen LogP contribution in [0.3, 0.4) is 0 Å². The summed E-state index contributed by atoms with van der Waals surface area (Å²) in [7, 11) is -4.38. The van der Waals surface area contributed by atoms with Crippen molar-refractivity contribution in [3.8, 4) is 0 Å². The molecule has 2 amide bonds. The standard InChI is InChI=1S/C37H40FN3O4S/c1-27-20-22-32(23-21-27)46(44,45)41(34-19-11-10-18-33(34)38)26-36(42)40(25-30-15-7-6-12-28(30)2)35(24-29-13-4-3-5-14-29)37(43)39-31-16-8-9-17-31/h3-7,10-15,18-23,31,35H,8-9,16-17,24-26H2,1-2H3,(H,39,43)/t35-/m1/s1. The molecule has 0 saturated heterocycles. The minimum absolute atomic E-state index is 0.0121. The van der Waals surface area contributed by atoms with E-state index >= 15 is 4.39 Å². The molecule has 1 atom stereocenters. The highest BCUT2D eigenvalue weighted by atomic mass is 32.2. The van der Waals surface area contributed by atoms with E-state index in [1.807, 2.05) is 68.4 Å². The van der Waals surface area contributed by atoms with Crippen molar-refractivity contribution >= 4 is 27.5 Å². The fourth-order valence-corrected chi connectivity index (χ4v) is 7.32. The molecule has 0 spiro atoms. The van der Waals surface area contributed by atoms with E-state index in [0.717, 1.165) is 58.3 Å². The fraction of sp³-hybridized carbons (Fsp3) is 0.297. The molecule has 0 aliphatic heterocycles. The topological polar surface area (TPSA) is 86.8 Å². The first-order valence-corrected chi connectivity index (χ1v) is 17.1. The minimum Gasteiger partial charge on any atom is -0.352 e. The van der Waals surface area contributed by atoms with Crippen LogP contribution in [0.4, 0.5) is 10.1 Å². The van der Waals surface area contributed by atoms with E-state index in [0.29, 0.717) is 0 Å². The van der Waals surface area contributed by atoms with Crippen LogP contribution in [0.5, 0.6) is 0 Å². The smallest absolute Gasteiger partial charge is 0.264 e. The number of hydrogen-bond acceptors (Lipinski definition) is 4. The van der Waals surface area contributed by atoms with Gasteiger partial charge in [-0.25, -0.2) is 12.8 Å². The van der Waals surface area contributed by atoms with Gasteiger partial charge in [-0.15, -0.1) is 0 Å². The van der Waals surface area contributed by atoms with Gasteiger partial charge in [-0.3, -0.25) is 13.9 Å². The molecule has 1 aliphatic carbocycles. The van der Waals surface area contributed by atoms with Crippen molar-refractivity contribution in [1.29, 1.82) is 0 Å². The van der Waals surface area contributed by atoms with Crippen molar-refractivity contribution in [3.05, 3.63) is 131 Å². The number of para-hydroxylation sites is 1. The van der Waals surface area contributed by atoms with Gasteiger partial charge < -0.3 is 10.2 Å². The molecule has 7 nitrogen and oxygen atoms in total. The highest BCUT2D eigenvalue weighted by molar-refractivity contribution is 7.92. The number of halogens is 1. The summed E-state index contributed by atoms with van der Waals surface area (Å²) in [5.41, 5.74) is 3.21. The molecular formula is C37H40FN3O4S. The summed E-state index contributed by atoms with van der Waals surface area (Å²) < 4.78 is 44.3. The van der Waals surface area contributed by atoms with Crippen LogP contribution in [0, 0.1) is 19.7 Å². The fourth-order valence-electron chi connectivity index (χ4n) is 5.90. The lowest BCUT2D eigenvalue weighted by molar-refractivity contribution is -0.140. The molecule has 0 aromatic heterocycles. The van der Waals surface area contributed by atoms with Gasteiger partial charge in [0.1, 0.15) is 18.4 Å². The third-order valence-electron chi connectivity index (χ3n) is 8.58. The maximum atomic E-state index is 15.3. The van der Waals surface area contributed by atoms with Crippen LogP contribution in [0.1, 0.15) is 47.9 Å². The van der Waals surface area contributed by atoms with Gasteiger partial charge in [0.25, 0.3) is 10.0 Å². The molecule has 0 unspecified atom stereocenters.